The Hall–Kier alpha value is -0.110. The van der Waals surface area contributed by atoms with Crippen LogP contribution >= 0.6 is 0 Å². The van der Waals surface area contributed by atoms with Gasteiger partial charge in [0.2, 0.25) is 0 Å². The minimum absolute atomic E-state index is 0.0625. The third kappa shape index (κ3) is 1.78. The van der Waals surface area contributed by atoms with Crippen molar-refractivity contribution < 1.29 is 4.39 Å². The van der Waals surface area contributed by atoms with Crippen LogP contribution in [0.4, 0.5) is 4.39 Å². The van der Waals surface area contributed by atoms with Gasteiger partial charge < -0.3 is 5.73 Å². The summed E-state index contributed by atoms with van der Waals surface area (Å²) in [5, 5.41) is 0. The summed E-state index contributed by atoms with van der Waals surface area (Å²) in [6.45, 7) is 5.11. The van der Waals surface area contributed by atoms with Crippen molar-refractivity contribution in [3.05, 3.63) is 0 Å². The van der Waals surface area contributed by atoms with Crippen molar-refractivity contribution in [2.24, 2.45) is 11.1 Å². The molecule has 1 unspecified atom stereocenters. The lowest BCUT2D eigenvalue weighted by atomic mass is 9.88. The molecule has 0 heterocycles. The Balaban J connectivity index is 3.71. The minimum Gasteiger partial charge on any atom is -0.327 e. The van der Waals surface area contributed by atoms with E-state index in [2.05, 4.69) is 0 Å². The number of rotatable bonds is 2. The van der Waals surface area contributed by atoms with E-state index in [1.54, 1.807) is 0 Å². The van der Waals surface area contributed by atoms with E-state index in [1.165, 1.54) is 0 Å². The van der Waals surface area contributed by atoms with Crippen LogP contribution in [-0.4, -0.2) is 12.7 Å². The largest absolute Gasteiger partial charge is 0.327 e. The normalized spacial score (nSPS) is 16.1. The smallest absolute Gasteiger partial charge is 0.0960 e. The maximum Gasteiger partial charge on any atom is 0.0960 e. The molecule has 0 fully saturated rings. The fourth-order valence-electron chi connectivity index (χ4n) is 0.122. The van der Waals surface area contributed by atoms with Gasteiger partial charge in [0, 0.05) is 11.5 Å². The van der Waals surface area contributed by atoms with Crippen LogP contribution in [0.25, 0.3) is 0 Å². The summed E-state index contributed by atoms with van der Waals surface area (Å²) in [4.78, 5) is 0. The van der Waals surface area contributed by atoms with Crippen LogP contribution in [0.3, 0.4) is 0 Å². The number of alkyl halides is 1. The molecule has 0 spiro atoms. The Labute approximate surface area is 50.1 Å². The number of halogens is 1. The quantitative estimate of drug-likeness (QED) is 0.583. The average molecular weight is 119 g/mol. The van der Waals surface area contributed by atoms with E-state index < -0.39 is 0 Å². The van der Waals surface area contributed by atoms with Gasteiger partial charge in [-0.3, -0.25) is 4.39 Å². The highest BCUT2D eigenvalue weighted by Gasteiger charge is 2.21. The molecule has 2 N–H and O–H groups in total. The molecule has 0 saturated heterocycles. The molecular weight excluding hydrogens is 105 g/mol. The number of hydrogen-bond acceptors (Lipinski definition) is 1. The molecule has 1 nitrogen and oxygen atoms in total. The van der Waals surface area contributed by atoms with Gasteiger partial charge in [0.05, 0.1) is 6.67 Å². The molecule has 0 aromatic rings. The molecule has 2 heteroatoms. The van der Waals surface area contributed by atoms with Gasteiger partial charge in [-0.2, -0.15) is 0 Å². The molecule has 0 aromatic heterocycles. The summed E-state index contributed by atoms with van der Waals surface area (Å²) < 4.78 is 11.9. The van der Waals surface area contributed by atoms with Gasteiger partial charge in [-0.1, -0.05) is 13.8 Å². The highest BCUT2D eigenvalue weighted by Crippen LogP contribution is 2.18. The summed E-state index contributed by atoms with van der Waals surface area (Å²) in [6, 6.07) is -0.0625. The van der Waals surface area contributed by atoms with Gasteiger partial charge in [0.15, 0.2) is 0 Å². The number of hydrogen-bond donors (Lipinski definition) is 1. The summed E-state index contributed by atoms with van der Waals surface area (Å²) in [7, 11) is 0. The predicted molar refractivity (Wildman–Crippen MR) is 33.4 cm³/mol. The van der Waals surface area contributed by atoms with E-state index in [0.29, 0.717) is 0 Å². The van der Waals surface area contributed by atoms with Crippen molar-refractivity contribution in [3.8, 4) is 0 Å². The number of nitrogens with two attached hydrogens (primary N) is 1. The van der Waals surface area contributed by atoms with Crippen LogP contribution in [0, 0.1) is 5.41 Å². The molecule has 0 amide bonds. The van der Waals surface area contributed by atoms with Crippen molar-refractivity contribution in [1.29, 1.82) is 0 Å². The van der Waals surface area contributed by atoms with Crippen LogP contribution in [0.2, 0.25) is 0 Å². The highest BCUT2D eigenvalue weighted by molar-refractivity contribution is 4.76. The highest BCUT2D eigenvalue weighted by atomic mass is 19.1. The predicted octanol–water partition coefficient (Wildman–Crippen LogP) is 1.33. The van der Waals surface area contributed by atoms with E-state index in [4.69, 9.17) is 5.73 Å². The van der Waals surface area contributed by atoms with E-state index in [1.807, 2.05) is 20.8 Å². The minimum atomic E-state index is -0.347. The maximum atomic E-state index is 11.9. The van der Waals surface area contributed by atoms with Gasteiger partial charge in [-0.25, -0.2) is 0 Å². The van der Waals surface area contributed by atoms with Crippen molar-refractivity contribution >= 4 is 0 Å². The van der Waals surface area contributed by atoms with Gasteiger partial charge in [-0.05, 0) is 6.92 Å². The third-order valence-corrected chi connectivity index (χ3v) is 1.58. The van der Waals surface area contributed by atoms with Gasteiger partial charge in [0.25, 0.3) is 0 Å². The first-order valence-corrected chi connectivity index (χ1v) is 2.82. The molecule has 0 aliphatic carbocycles. The molecule has 1 atom stereocenters. The zero-order chi connectivity index (χ0) is 6.78. The second-order valence-corrected chi connectivity index (χ2v) is 2.91. The Morgan fingerprint density at radius 2 is 2.00 bits per heavy atom. The summed E-state index contributed by atoms with van der Waals surface area (Å²) >= 11 is 0. The monoisotopic (exact) mass is 119 g/mol. The molecule has 0 aliphatic rings. The lowest BCUT2D eigenvalue weighted by Crippen LogP contribution is -2.35. The molecular formula is C6H14FN. The van der Waals surface area contributed by atoms with E-state index in [-0.39, 0.29) is 18.1 Å². The molecule has 0 aliphatic heterocycles. The average Bonchev–Trinajstić information content (AvgIpc) is 1.67. The molecule has 0 aromatic carbocycles. The lowest BCUT2D eigenvalue weighted by molar-refractivity contribution is 0.219. The van der Waals surface area contributed by atoms with Gasteiger partial charge in [0.1, 0.15) is 0 Å². The van der Waals surface area contributed by atoms with E-state index >= 15 is 0 Å². The first-order chi connectivity index (χ1) is 3.50. The zero-order valence-corrected chi connectivity index (χ0v) is 5.74. The first kappa shape index (κ1) is 7.89. The second-order valence-electron chi connectivity index (χ2n) is 2.91. The van der Waals surface area contributed by atoms with Crippen molar-refractivity contribution in [1.82, 2.24) is 0 Å². The molecule has 0 bridgehead atoms. The van der Waals surface area contributed by atoms with Crippen LogP contribution in [0.1, 0.15) is 20.8 Å². The van der Waals surface area contributed by atoms with Crippen LogP contribution in [0.5, 0.6) is 0 Å². The van der Waals surface area contributed by atoms with Crippen molar-refractivity contribution in [2.45, 2.75) is 26.8 Å². The second kappa shape index (κ2) is 2.44. The molecule has 8 heavy (non-hydrogen) atoms. The van der Waals surface area contributed by atoms with Crippen LogP contribution < -0.4 is 5.73 Å². The SMILES string of the molecule is CC(N)C(C)(C)CF. The first-order valence-electron chi connectivity index (χ1n) is 2.82. The summed E-state index contributed by atoms with van der Waals surface area (Å²) in [6.07, 6.45) is 0. The van der Waals surface area contributed by atoms with Crippen LogP contribution in [-0.2, 0) is 0 Å². The third-order valence-electron chi connectivity index (χ3n) is 1.58. The molecule has 0 radical (unpaired) electrons. The zero-order valence-electron chi connectivity index (χ0n) is 5.74. The maximum absolute atomic E-state index is 11.9. The Morgan fingerprint density at radius 1 is 1.62 bits per heavy atom. The summed E-state index contributed by atoms with van der Waals surface area (Å²) in [5.74, 6) is 0. The Morgan fingerprint density at radius 3 is 2.00 bits per heavy atom. The Kier molecular flexibility index (Phi) is 2.41. The van der Waals surface area contributed by atoms with E-state index in [9.17, 15) is 4.39 Å². The standard InChI is InChI=1S/C6H14FN/c1-5(8)6(2,3)4-7/h5H,4,8H2,1-3H3. The molecule has 50 valence electrons. The van der Waals surface area contributed by atoms with Gasteiger partial charge >= 0.3 is 0 Å². The molecule has 0 saturated carbocycles. The van der Waals surface area contributed by atoms with Crippen molar-refractivity contribution in [3.63, 3.8) is 0 Å². The summed E-state index contributed by atoms with van der Waals surface area (Å²) in [5.41, 5.74) is 5.09. The Bertz CT molecular complexity index is 68.9. The van der Waals surface area contributed by atoms with Crippen molar-refractivity contribution in [2.75, 3.05) is 6.67 Å². The van der Waals surface area contributed by atoms with Gasteiger partial charge in [-0.15, -0.1) is 0 Å². The fourth-order valence-corrected chi connectivity index (χ4v) is 0.122. The van der Waals surface area contributed by atoms with E-state index in [0.717, 1.165) is 0 Å². The molecule has 0 rings (SSSR count). The fraction of sp³-hybridized carbons (Fsp3) is 1.00. The lowest BCUT2D eigenvalue weighted by Gasteiger charge is -2.24. The van der Waals surface area contributed by atoms with Crippen LogP contribution in [0.15, 0.2) is 0 Å². The topological polar surface area (TPSA) is 26.0 Å².